The Balaban J connectivity index is 2.96. The highest BCUT2D eigenvalue weighted by atomic mass is 16.6. The van der Waals surface area contributed by atoms with Gasteiger partial charge in [-0.1, -0.05) is 0 Å². The third kappa shape index (κ3) is 3.60. The molecule has 0 saturated carbocycles. The van der Waals surface area contributed by atoms with Crippen LogP contribution in [0.3, 0.4) is 0 Å². The van der Waals surface area contributed by atoms with E-state index >= 15 is 0 Å². The predicted molar refractivity (Wildman–Crippen MR) is 67.1 cm³/mol. The number of nitrogen functional groups attached to an aromatic ring is 1. The summed E-state index contributed by atoms with van der Waals surface area (Å²) in [5.41, 5.74) is 5.84. The smallest absolute Gasteiger partial charge is 0.271 e. The molecule has 0 unspecified atom stereocenters. The molecular formula is C11H17N3O3. The number of hydrogen-bond acceptors (Lipinski definition) is 5. The van der Waals surface area contributed by atoms with Crippen molar-refractivity contribution in [2.24, 2.45) is 0 Å². The zero-order chi connectivity index (χ0) is 13.2. The standard InChI is InChI=1S/C11H17N3O3/c1-11(2,15)7-13(3)10-5-4-8(14(16)17)6-9(10)12/h4-6,15H,7,12H2,1-3H3. The van der Waals surface area contributed by atoms with Crippen LogP contribution in [0.5, 0.6) is 0 Å². The van der Waals surface area contributed by atoms with Gasteiger partial charge in [0.2, 0.25) is 0 Å². The second-order valence-electron chi connectivity index (χ2n) is 4.67. The Bertz CT molecular complexity index is 426. The summed E-state index contributed by atoms with van der Waals surface area (Å²) < 4.78 is 0. The molecule has 0 spiro atoms. The summed E-state index contributed by atoms with van der Waals surface area (Å²) in [7, 11) is 1.77. The maximum Gasteiger partial charge on any atom is 0.271 e. The average Bonchev–Trinajstić information content (AvgIpc) is 2.14. The van der Waals surface area contributed by atoms with Crippen LogP contribution in [0.1, 0.15) is 13.8 Å². The largest absolute Gasteiger partial charge is 0.397 e. The topological polar surface area (TPSA) is 92.6 Å². The Morgan fingerprint density at radius 3 is 2.53 bits per heavy atom. The van der Waals surface area contributed by atoms with Crippen LogP contribution in [0.15, 0.2) is 18.2 Å². The molecule has 0 fully saturated rings. The number of hydrogen-bond donors (Lipinski definition) is 2. The molecule has 0 amide bonds. The lowest BCUT2D eigenvalue weighted by atomic mass is 10.1. The lowest BCUT2D eigenvalue weighted by Gasteiger charge is -2.28. The number of nitro benzene ring substituents is 1. The van der Waals surface area contributed by atoms with Crippen LogP contribution in [0.2, 0.25) is 0 Å². The second-order valence-corrected chi connectivity index (χ2v) is 4.67. The molecular weight excluding hydrogens is 222 g/mol. The summed E-state index contributed by atoms with van der Waals surface area (Å²) in [4.78, 5) is 11.8. The molecule has 1 aromatic carbocycles. The summed E-state index contributed by atoms with van der Waals surface area (Å²) in [6, 6.07) is 4.29. The number of aliphatic hydroxyl groups is 1. The number of likely N-dealkylation sites (N-methyl/N-ethyl adjacent to an activating group) is 1. The summed E-state index contributed by atoms with van der Waals surface area (Å²) in [5, 5.41) is 20.3. The lowest BCUT2D eigenvalue weighted by Crippen LogP contribution is -2.36. The molecule has 94 valence electrons. The molecule has 0 aromatic heterocycles. The highest BCUT2D eigenvalue weighted by Gasteiger charge is 2.18. The van der Waals surface area contributed by atoms with Crippen LogP contribution < -0.4 is 10.6 Å². The van der Waals surface area contributed by atoms with Crippen molar-refractivity contribution in [3.63, 3.8) is 0 Å². The van der Waals surface area contributed by atoms with Crippen LogP contribution in [0.25, 0.3) is 0 Å². The lowest BCUT2D eigenvalue weighted by molar-refractivity contribution is -0.384. The first-order valence-electron chi connectivity index (χ1n) is 5.18. The van der Waals surface area contributed by atoms with E-state index in [1.807, 2.05) is 0 Å². The number of anilines is 2. The molecule has 0 aliphatic carbocycles. The Labute approximate surface area is 99.8 Å². The van der Waals surface area contributed by atoms with E-state index in [-0.39, 0.29) is 5.69 Å². The molecule has 0 radical (unpaired) electrons. The molecule has 0 aliphatic rings. The molecule has 0 atom stereocenters. The number of benzene rings is 1. The van der Waals surface area contributed by atoms with Crippen molar-refractivity contribution in [2.75, 3.05) is 24.2 Å². The minimum Gasteiger partial charge on any atom is -0.397 e. The zero-order valence-corrected chi connectivity index (χ0v) is 10.2. The van der Waals surface area contributed by atoms with Crippen LogP contribution in [0.4, 0.5) is 17.1 Å². The highest BCUT2D eigenvalue weighted by molar-refractivity contribution is 5.70. The number of nitrogens with two attached hydrogens (primary N) is 1. The summed E-state index contributed by atoms with van der Waals surface area (Å²) in [6.07, 6.45) is 0. The van der Waals surface area contributed by atoms with Gasteiger partial charge in [0.05, 0.1) is 21.9 Å². The maximum absolute atomic E-state index is 10.6. The molecule has 0 aliphatic heterocycles. The van der Waals surface area contributed by atoms with E-state index in [0.29, 0.717) is 17.9 Å². The van der Waals surface area contributed by atoms with Gasteiger partial charge in [0.25, 0.3) is 5.69 Å². The Morgan fingerprint density at radius 2 is 2.12 bits per heavy atom. The molecule has 6 nitrogen and oxygen atoms in total. The van der Waals surface area contributed by atoms with Gasteiger partial charge >= 0.3 is 0 Å². The summed E-state index contributed by atoms with van der Waals surface area (Å²) in [5.74, 6) is 0. The molecule has 17 heavy (non-hydrogen) atoms. The normalized spacial score (nSPS) is 11.3. The molecule has 0 heterocycles. The first-order valence-corrected chi connectivity index (χ1v) is 5.18. The van der Waals surface area contributed by atoms with E-state index in [1.54, 1.807) is 31.9 Å². The van der Waals surface area contributed by atoms with Gasteiger partial charge in [0.1, 0.15) is 0 Å². The van der Waals surface area contributed by atoms with Crippen molar-refractivity contribution in [1.29, 1.82) is 0 Å². The maximum atomic E-state index is 10.6. The van der Waals surface area contributed by atoms with Crippen molar-refractivity contribution >= 4 is 17.1 Å². The molecule has 1 aromatic rings. The third-order valence-corrected chi connectivity index (χ3v) is 2.26. The SMILES string of the molecule is CN(CC(C)(C)O)c1ccc([N+](=O)[O-])cc1N. The molecule has 0 saturated heterocycles. The van der Waals surface area contributed by atoms with Gasteiger partial charge in [0.15, 0.2) is 0 Å². The van der Waals surface area contributed by atoms with Crippen LogP contribution >= 0.6 is 0 Å². The molecule has 6 heteroatoms. The van der Waals surface area contributed by atoms with E-state index in [0.717, 1.165) is 0 Å². The van der Waals surface area contributed by atoms with Crippen molar-refractivity contribution in [1.82, 2.24) is 0 Å². The Hall–Kier alpha value is -1.82. The third-order valence-electron chi connectivity index (χ3n) is 2.26. The minimum atomic E-state index is -0.858. The number of rotatable bonds is 4. The van der Waals surface area contributed by atoms with Crippen LogP contribution in [-0.2, 0) is 0 Å². The van der Waals surface area contributed by atoms with Gasteiger partial charge < -0.3 is 15.7 Å². The minimum absolute atomic E-state index is 0.0390. The molecule has 1 rings (SSSR count). The van der Waals surface area contributed by atoms with E-state index in [9.17, 15) is 15.2 Å². The highest BCUT2D eigenvalue weighted by Crippen LogP contribution is 2.27. The fraction of sp³-hybridized carbons (Fsp3) is 0.455. The fourth-order valence-corrected chi connectivity index (χ4v) is 1.67. The Morgan fingerprint density at radius 1 is 1.53 bits per heavy atom. The monoisotopic (exact) mass is 239 g/mol. The Kier molecular flexibility index (Phi) is 3.57. The van der Waals surface area contributed by atoms with Crippen molar-refractivity contribution in [3.05, 3.63) is 28.3 Å². The summed E-state index contributed by atoms with van der Waals surface area (Å²) >= 11 is 0. The number of non-ortho nitro benzene ring substituents is 1. The van der Waals surface area contributed by atoms with Gasteiger partial charge in [0, 0.05) is 25.7 Å². The average molecular weight is 239 g/mol. The fourth-order valence-electron chi connectivity index (χ4n) is 1.67. The summed E-state index contributed by atoms with van der Waals surface area (Å²) in [6.45, 7) is 3.76. The van der Waals surface area contributed by atoms with Crippen LogP contribution in [0, 0.1) is 10.1 Å². The predicted octanol–water partition coefficient (Wildman–Crippen LogP) is 1.38. The second kappa shape index (κ2) is 4.58. The van der Waals surface area contributed by atoms with Crippen LogP contribution in [-0.4, -0.2) is 29.2 Å². The number of nitro groups is 1. The van der Waals surface area contributed by atoms with Gasteiger partial charge in [-0.15, -0.1) is 0 Å². The molecule has 3 N–H and O–H groups in total. The van der Waals surface area contributed by atoms with Crippen molar-refractivity contribution in [3.8, 4) is 0 Å². The van der Waals surface area contributed by atoms with Gasteiger partial charge in [-0.05, 0) is 19.9 Å². The van der Waals surface area contributed by atoms with Gasteiger partial charge in [-0.2, -0.15) is 0 Å². The quantitative estimate of drug-likeness (QED) is 0.470. The van der Waals surface area contributed by atoms with E-state index < -0.39 is 10.5 Å². The van der Waals surface area contributed by atoms with Gasteiger partial charge in [-0.3, -0.25) is 10.1 Å². The van der Waals surface area contributed by atoms with E-state index in [4.69, 9.17) is 5.73 Å². The first-order chi connectivity index (χ1) is 7.70. The van der Waals surface area contributed by atoms with E-state index in [1.165, 1.54) is 12.1 Å². The first kappa shape index (κ1) is 13.2. The van der Waals surface area contributed by atoms with E-state index in [2.05, 4.69) is 0 Å². The number of nitrogens with zero attached hydrogens (tertiary/aromatic N) is 2. The zero-order valence-electron chi connectivity index (χ0n) is 10.2. The van der Waals surface area contributed by atoms with Crippen molar-refractivity contribution < 1.29 is 10.0 Å². The molecule has 0 bridgehead atoms. The van der Waals surface area contributed by atoms with Crippen molar-refractivity contribution in [2.45, 2.75) is 19.4 Å². The van der Waals surface area contributed by atoms with Gasteiger partial charge in [-0.25, -0.2) is 0 Å².